The molecule has 2 amide bonds. The zero-order chi connectivity index (χ0) is 19.6. The first-order chi connectivity index (χ1) is 12.7. The molecule has 2 unspecified atom stereocenters. The second kappa shape index (κ2) is 7.87. The lowest BCUT2D eigenvalue weighted by molar-refractivity contribution is -0.0440. The summed E-state index contributed by atoms with van der Waals surface area (Å²) in [4.78, 5) is 15.2. The van der Waals surface area contributed by atoms with Crippen molar-refractivity contribution in [2.75, 3.05) is 30.7 Å². The number of amides is 2. The summed E-state index contributed by atoms with van der Waals surface area (Å²) in [5.74, 6) is -0.144. The number of rotatable bonds is 5. The number of carbonyl (C=O) groups is 1. The van der Waals surface area contributed by atoms with Crippen LogP contribution >= 0.6 is 0 Å². The lowest BCUT2D eigenvalue weighted by atomic mass is 10.1. The number of urea groups is 1. The van der Waals surface area contributed by atoms with Crippen LogP contribution in [0.15, 0.2) is 24.4 Å². The van der Waals surface area contributed by atoms with Crippen LogP contribution in [0, 0.1) is 6.92 Å². The first-order valence-electron chi connectivity index (χ1n) is 9.00. The number of anilines is 1. The largest absolute Gasteiger partial charge is 0.373 e. The molecule has 0 saturated carbocycles. The molecular formula is C18H26N4O4S. The molecule has 0 bridgehead atoms. The molecule has 3 rings (SSSR count). The zero-order valence-corrected chi connectivity index (χ0v) is 16.6. The average Bonchev–Trinajstić information content (AvgIpc) is 3.01. The molecule has 9 heteroatoms. The van der Waals surface area contributed by atoms with Crippen LogP contribution in [0.25, 0.3) is 10.9 Å². The van der Waals surface area contributed by atoms with Crippen LogP contribution < -0.4 is 10.6 Å². The first-order valence-corrected chi connectivity index (χ1v) is 10.6. The molecule has 1 aromatic carbocycles. The number of aryl methyl sites for hydroxylation is 1. The number of hydrogen-bond acceptors (Lipinski definition) is 4. The molecular weight excluding hydrogens is 368 g/mol. The van der Waals surface area contributed by atoms with Crippen LogP contribution in [0.2, 0.25) is 0 Å². The molecule has 1 aliphatic heterocycles. The Kier molecular flexibility index (Phi) is 5.73. The second-order valence-corrected chi connectivity index (χ2v) is 9.09. The van der Waals surface area contributed by atoms with E-state index in [9.17, 15) is 13.2 Å². The van der Waals surface area contributed by atoms with E-state index in [1.165, 1.54) is 4.31 Å². The Bertz CT molecular complexity index is 915. The number of hydrogen-bond donors (Lipinski definition) is 3. The summed E-state index contributed by atoms with van der Waals surface area (Å²) in [5.41, 5.74) is 2.54. The van der Waals surface area contributed by atoms with Gasteiger partial charge in [0.2, 0.25) is 10.0 Å². The molecule has 1 fully saturated rings. The Labute approximate surface area is 159 Å². The van der Waals surface area contributed by atoms with E-state index in [2.05, 4.69) is 15.6 Å². The topological polar surface area (TPSA) is 104 Å². The summed E-state index contributed by atoms with van der Waals surface area (Å²) < 4.78 is 32.0. The van der Waals surface area contributed by atoms with E-state index in [1.807, 2.05) is 45.2 Å². The van der Waals surface area contributed by atoms with Gasteiger partial charge >= 0.3 is 6.03 Å². The SMILES string of the molecule is Cc1cc2cc[nH]c2cc1NC(=O)NCCS(=O)(=O)N1CC(C)OC(C)C1. The lowest BCUT2D eigenvalue weighted by Gasteiger charge is -2.34. The van der Waals surface area contributed by atoms with Crippen LogP contribution in [0.5, 0.6) is 0 Å². The number of H-pyrrole nitrogens is 1. The van der Waals surface area contributed by atoms with Crippen molar-refractivity contribution in [1.29, 1.82) is 0 Å². The van der Waals surface area contributed by atoms with Crippen molar-refractivity contribution in [1.82, 2.24) is 14.6 Å². The van der Waals surface area contributed by atoms with Crippen LogP contribution in [0.1, 0.15) is 19.4 Å². The third-order valence-corrected chi connectivity index (χ3v) is 6.38. The van der Waals surface area contributed by atoms with E-state index in [4.69, 9.17) is 4.74 Å². The molecule has 1 saturated heterocycles. The van der Waals surface area contributed by atoms with Crippen molar-refractivity contribution in [2.24, 2.45) is 0 Å². The number of morpholine rings is 1. The van der Waals surface area contributed by atoms with E-state index in [1.54, 1.807) is 0 Å². The number of fused-ring (bicyclic) bond motifs is 1. The van der Waals surface area contributed by atoms with Gasteiger partial charge in [-0.15, -0.1) is 0 Å². The maximum absolute atomic E-state index is 12.5. The Morgan fingerprint density at radius 1 is 1.30 bits per heavy atom. The fourth-order valence-electron chi connectivity index (χ4n) is 3.30. The van der Waals surface area contributed by atoms with Crippen molar-refractivity contribution < 1.29 is 17.9 Å². The average molecular weight is 394 g/mol. The third kappa shape index (κ3) is 4.79. The van der Waals surface area contributed by atoms with Crippen LogP contribution in [0.3, 0.4) is 0 Å². The molecule has 148 valence electrons. The minimum absolute atomic E-state index is 0.0398. The van der Waals surface area contributed by atoms with Crippen molar-refractivity contribution in [3.63, 3.8) is 0 Å². The van der Waals surface area contributed by atoms with Crippen molar-refractivity contribution in [2.45, 2.75) is 33.0 Å². The molecule has 2 aromatic rings. The van der Waals surface area contributed by atoms with Gasteiger partial charge in [0.1, 0.15) is 0 Å². The molecule has 0 aliphatic carbocycles. The zero-order valence-electron chi connectivity index (χ0n) is 15.8. The summed E-state index contributed by atoms with van der Waals surface area (Å²) in [5, 5.41) is 6.46. The number of benzene rings is 1. The summed E-state index contributed by atoms with van der Waals surface area (Å²) in [7, 11) is -3.44. The normalized spacial score (nSPS) is 21.3. The first kappa shape index (κ1) is 19.7. The van der Waals surface area contributed by atoms with Crippen molar-refractivity contribution in [3.05, 3.63) is 30.0 Å². The summed E-state index contributed by atoms with van der Waals surface area (Å²) in [6.07, 6.45) is 1.57. The predicted octanol–water partition coefficient (Wildman–Crippen LogP) is 2.04. The van der Waals surface area contributed by atoms with Crippen LogP contribution in [0.4, 0.5) is 10.5 Å². The standard InChI is InChI=1S/C18H26N4O4S/c1-12-8-15-4-5-19-17(15)9-16(12)21-18(23)20-6-7-27(24,25)22-10-13(2)26-14(3)11-22/h4-5,8-9,13-14,19H,6-7,10-11H2,1-3H3,(H2,20,21,23). The molecule has 2 atom stereocenters. The summed E-state index contributed by atoms with van der Waals surface area (Å²) in [6, 6.07) is 5.37. The van der Waals surface area contributed by atoms with Gasteiger partial charge in [-0.25, -0.2) is 13.2 Å². The minimum atomic E-state index is -3.44. The van der Waals surface area contributed by atoms with Gasteiger partial charge in [-0.05, 0) is 49.9 Å². The van der Waals surface area contributed by atoms with Gasteiger partial charge < -0.3 is 20.4 Å². The number of aromatic nitrogens is 1. The predicted molar refractivity (Wildman–Crippen MR) is 105 cm³/mol. The Morgan fingerprint density at radius 2 is 2.00 bits per heavy atom. The molecule has 8 nitrogen and oxygen atoms in total. The highest BCUT2D eigenvalue weighted by molar-refractivity contribution is 7.89. The van der Waals surface area contributed by atoms with E-state index >= 15 is 0 Å². The van der Waals surface area contributed by atoms with E-state index < -0.39 is 16.1 Å². The number of sulfonamides is 1. The molecule has 27 heavy (non-hydrogen) atoms. The van der Waals surface area contributed by atoms with Gasteiger partial charge in [0, 0.05) is 37.0 Å². The van der Waals surface area contributed by atoms with Crippen molar-refractivity contribution >= 4 is 32.6 Å². The monoisotopic (exact) mass is 394 g/mol. The Morgan fingerprint density at radius 3 is 2.70 bits per heavy atom. The number of nitrogens with one attached hydrogen (secondary N) is 3. The van der Waals surface area contributed by atoms with Gasteiger partial charge in [-0.1, -0.05) is 0 Å². The van der Waals surface area contributed by atoms with Crippen LogP contribution in [-0.2, 0) is 14.8 Å². The van der Waals surface area contributed by atoms with E-state index in [0.717, 1.165) is 16.5 Å². The molecule has 1 aromatic heterocycles. The highest BCUT2D eigenvalue weighted by Gasteiger charge is 2.30. The lowest BCUT2D eigenvalue weighted by Crippen LogP contribution is -2.49. The number of nitrogens with zero attached hydrogens (tertiary/aromatic N) is 1. The molecule has 1 aliphatic rings. The second-order valence-electron chi connectivity index (χ2n) is 7.00. The molecule has 0 radical (unpaired) electrons. The molecule has 0 spiro atoms. The Balaban J connectivity index is 1.53. The Hall–Kier alpha value is -2.10. The maximum Gasteiger partial charge on any atom is 0.319 e. The fraction of sp³-hybridized carbons (Fsp3) is 0.500. The van der Waals surface area contributed by atoms with Gasteiger partial charge in [0.05, 0.1) is 18.0 Å². The molecule has 3 N–H and O–H groups in total. The smallest absolute Gasteiger partial charge is 0.319 e. The van der Waals surface area contributed by atoms with Gasteiger partial charge in [-0.3, -0.25) is 0 Å². The number of carbonyl (C=O) groups excluding carboxylic acids is 1. The summed E-state index contributed by atoms with van der Waals surface area (Å²) in [6.45, 7) is 6.34. The third-order valence-electron chi connectivity index (χ3n) is 4.57. The van der Waals surface area contributed by atoms with Gasteiger partial charge in [0.15, 0.2) is 0 Å². The number of ether oxygens (including phenoxy) is 1. The fourth-order valence-corrected chi connectivity index (χ4v) is 4.79. The highest BCUT2D eigenvalue weighted by Crippen LogP contribution is 2.22. The van der Waals surface area contributed by atoms with Crippen LogP contribution in [-0.4, -0.2) is 61.3 Å². The van der Waals surface area contributed by atoms with Crippen molar-refractivity contribution in [3.8, 4) is 0 Å². The molecule has 2 heterocycles. The quantitative estimate of drug-likeness (QED) is 0.722. The van der Waals surface area contributed by atoms with Gasteiger partial charge in [0.25, 0.3) is 0 Å². The highest BCUT2D eigenvalue weighted by atomic mass is 32.2. The van der Waals surface area contributed by atoms with Gasteiger partial charge in [-0.2, -0.15) is 4.31 Å². The minimum Gasteiger partial charge on any atom is -0.373 e. The summed E-state index contributed by atoms with van der Waals surface area (Å²) >= 11 is 0. The maximum atomic E-state index is 12.5. The number of aromatic amines is 1. The van der Waals surface area contributed by atoms with E-state index in [-0.39, 0.29) is 24.5 Å². The van der Waals surface area contributed by atoms with E-state index in [0.29, 0.717) is 18.8 Å².